The van der Waals surface area contributed by atoms with Gasteiger partial charge < -0.3 is 0 Å². The topological polar surface area (TPSA) is 37.4 Å². The lowest BCUT2D eigenvalue weighted by Gasteiger charge is -2.16. The highest BCUT2D eigenvalue weighted by Crippen LogP contribution is 2.34. The van der Waals surface area contributed by atoms with Crippen molar-refractivity contribution in [1.29, 1.82) is 0 Å². The second kappa shape index (κ2) is 4.18. The Morgan fingerprint density at radius 3 is 2.69 bits per heavy atom. The van der Waals surface area contributed by atoms with Crippen LogP contribution in [-0.4, -0.2) is 11.8 Å². The molecule has 2 amide bonds. The van der Waals surface area contributed by atoms with Crippen LogP contribution < -0.4 is 4.90 Å². The van der Waals surface area contributed by atoms with Crippen LogP contribution in [0.4, 0.5) is 5.69 Å². The zero-order chi connectivity index (χ0) is 11.9. The fourth-order valence-corrected chi connectivity index (χ4v) is 2.28. The van der Waals surface area contributed by atoms with E-state index in [9.17, 15) is 9.59 Å². The third-order valence-electron chi connectivity index (χ3n) is 2.52. The molecule has 1 heterocycles. The Labute approximate surface area is 107 Å². The summed E-state index contributed by atoms with van der Waals surface area (Å²) >= 11 is 9.17. The molecule has 1 saturated heterocycles. The third-order valence-corrected chi connectivity index (χ3v) is 3.43. The number of carbonyl (C=O) groups excluding carboxylic acids is 2. The molecule has 0 radical (unpaired) electrons. The van der Waals surface area contributed by atoms with Gasteiger partial charge in [-0.1, -0.05) is 18.5 Å². The Hall–Kier alpha value is -0.870. The molecule has 0 aliphatic carbocycles. The average Bonchev–Trinajstić information content (AvgIpc) is 2.46. The Morgan fingerprint density at radius 1 is 1.44 bits per heavy atom. The third kappa shape index (κ3) is 1.87. The van der Waals surface area contributed by atoms with Crippen LogP contribution in [0.5, 0.6) is 0 Å². The summed E-state index contributed by atoms with van der Waals surface area (Å²) in [5, 5.41) is 0.498. The normalized spacial score (nSPS) is 20.7. The van der Waals surface area contributed by atoms with Crippen molar-refractivity contribution in [1.82, 2.24) is 0 Å². The van der Waals surface area contributed by atoms with Crippen molar-refractivity contribution in [3.8, 4) is 0 Å². The molecule has 1 aliphatic rings. The molecule has 0 bridgehead atoms. The highest BCUT2D eigenvalue weighted by atomic mass is 79.9. The van der Waals surface area contributed by atoms with Gasteiger partial charge in [0.25, 0.3) is 0 Å². The molecule has 1 atom stereocenters. The maximum atomic E-state index is 11.8. The molecule has 0 spiro atoms. The van der Waals surface area contributed by atoms with Crippen molar-refractivity contribution in [2.24, 2.45) is 5.92 Å². The van der Waals surface area contributed by atoms with Crippen molar-refractivity contribution in [2.45, 2.75) is 13.3 Å². The maximum absolute atomic E-state index is 11.8. The van der Waals surface area contributed by atoms with Gasteiger partial charge in [-0.2, -0.15) is 0 Å². The van der Waals surface area contributed by atoms with E-state index in [4.69, 9.17) is 11.6 Å². The summed E-state index contributed by atoms with van der Waals surface area (Å²) in [6.07, 6.45) is 0.262. The number of amides is 2. The van der Waals surface area contributed by atoms with E-state index < -0.39 is 0 Å². The van der Waals surface area contributed by atoms with Gasteiger partial charge in [-0.25, -0.2) is 4.90 Å². The lowest BCUT2D eigenvalue weighted by Crippen LogP contribution is -2.30. The minimum atomic E-state index is -0.251. The first-order valence-corrected chi connectivity index (χ1v) is 5.99. The summed E-state index contributed by atoms with van der Waals surface area (Å²) in [7, 11) is 0. The molecule has 1 aromatic carbocycles. The molecule has 0 aromatic heterocycles. The van der Waals surface area contributed by atoms with Gasteiger partial charge in [0.05, 0.1) is 5.69 Å². The molecule has 0 saturated carbocycles. The molecular weight excluding hydrogens is 293 g/mol. The first-order chi connectivity index (χ1) is 7.50. The number of halogens is 2. The highest BCUT2D eigenvalue weighted by Gasteiger charge is 2.37. The smallest absolute Gasteiger partial charge is 0.237 e. The summed E-state index contributed by atoms with van der Waals surface area (Å²) in [5.41, 5.74) is 0.520. The van der Waals surface area contributed by atoms with Crippen LogP contribution in [-0.2, 0) is 9.59 Å². The molecule has 2 rings (SSSR count). The first kappa shape index (κ1) is 11.6. The van der Waals surface area contributed by atoms with Gasteiger partial charge >= 0.3 is 0 Å². The quantitative estimate of drug-likeness (QED) is 0.748. The number of hydrogen-bond donors (Lipinski definition) is 0. The zero-order valence-electron chi connectivity index (χ0n) is 8.54. The van der Waals surface area contributed by atoms with Crippen LogP contribution in [0.15, 0.2) is 22.7 Å². The molecule has 0 N–H and O–H groups in total. The number of imide groups is 1. The lowest BCUT2D eigenvalue weighted by molar-refractivity contribution is -0.122. The van der Waals surface area contributed by atoms with Crippen LogP contribution in [0, 0.1) is 5.92 Å². The van der Waals surface area contributed by atoms with E-state index in [1.165, 1.54) is 4.90 Å². The standard InChI is InChI=1S/C11H9BrClNO2/c1-6-4-10(15)14(11(6)16)9-5-7(13)2-3-8(9)12/h2-3,5-6H,4H2,1H3. The summed E-state index contributed by atoms with van der Waals surface area (Å²) in [6, 6.07) is 5.03. The van der Waals surface area contributed by atoms with Crippen LogP contribution in [0.1, 0.15) is 13.3 Å². The van der Waals surface area contributed by atoms with Gasteiger partial charge in [-0.3, -0.25) is 9.59 Å². The average molecular weight is 303 g/mol. The fraction of sp³-hybridized carbons (Fsp3) is 0.273. The van der Waals surface area contributed by atoms with Gasteiger partial charge in [0, 0.05) is 21.8 Å². The number of nitrogens with zero attached hydrogens (tertiary/aromatic N) is 1. The van der Waals surface area contributed by atoms with Gasteiger partial charge in [0.2, 0.25) is 11.8 Å². The van der Waals surface area contributed by atoms with E-state index in [1.54, 1.807) is 25.1 Å². The predicted molar refractivity (Wildman–Crippen MR) is 65.4 cm³/mol. The second-order valence-electron chi connectivity index (χ2n) is 3.77. The van der Waals surface area contributed by atoms with E-state index in [0.29, 0.717) is 15.2 Å². The SMILES string of the molecule is CC1CC(=O)N(c2cc(Cl)ccc2Br)C1=O. The van der Waals surface area contributed by atoms with Crippen molar-refractivity contribution in [3.05, 3.63) is 27.7 Å². The second-order valence-corrected chi connectivity index (χ2v) is 5.06. The van der Waals surface area contributed by atoms with Crippen LogP contribution in [0.25, 0.3) is 0 Å². The van der Waals surface area contributed by atoms with Gasteiger partial charge in [-0.15, -0.1) is 0 Å². The summed E-state index contributed by atoms with van der Waals surface area (Å²) < 4.78 is 0.688. The van der Waals surface area contributed by atoms with Crippen molar-refractivity contribution in [2.75, 3.05) is 4.90 Å². The Bertz CT molecular complexity index is 475. The molecule has 5 heteroatoms. The molecule has 1 aromatic rings. The Kier molecular flexibility index (Phi) is 3.04. The Balaban J connectivity index is 2.48. The predicted octanol–water partition coefficient (Wildman–Crippen LogP) is 3.00. The molecule has 16 heavy (non-hydrogen) atoms. The highest BCUT2D eigenvalue weighted by molar-refractivity contribution is 9.10. The van der Waals surface area contributed by atoms with Crippen molar-refractivity contribution in [3.63, 3.8) is 0 Å². The number of hydrogen-bond acceptors (Lipinski definition) is 2. The molecule has 1 fully saturated rings. The fourth-order valence-electron chi connectivity index (χ4n) is 1.69. The van der Waals surface area contributed by atoms with E-state index in [2.05, 4.69) is 15.9 Å². The van der Waals surface area contributed by atoms with Crippen LogP contribution in [0.3, 0.4) is 0 Å². The monoisotopic (exact) mass is 301 g/mol. The van der Waals surface area contributed by atoms with E-state index >= 15 is 0 Å². The van der Waals surface area contributed by atoms with Crippen LogP contribution in [0.2, 0.25) is 5.02 Å². The van der Waals surface area contributed by atoms with Crippen molar-refractivity contribution < 1.29 is 9.59 Å². The maximum Gasteiger partial charge on any atom is 0.237 e. The first-order valence-electron chi connectivity index (χ1n) is 4.82. The van der Waals surface area contributed by atoms with Gasteiger partial charge in [0.15, 0.2) is 0 Å². The van der Waals surface area contributed by atoms with E-state index in [1.807, 2.05) is 0 Å². The number of anilines is 1. The van der Waals surface area contributed by atoms with Crippen LogP contribution >= 0.6 is 27.5 Å². The lowest BCUT2D eigenvalue weighted by atomic mass is 10.1. The Morgan fingerprint density at radius 2 is 2.12 bits per heavy atom. The van der Waals surface area contributed by atoms with Gasteiger partial charge in [0.1, 0.15) is 0 Å². The van der Waals surface area contributed by atoms with E-state index in [-0.39, 0.29) is 24.2 Å². The minimum Gasteiger partial charge on any atom is -0.274 e. The molecule has 84 valence electrons. The number of benzene rings is 1. The summed E-state index contributed by atoms with van der Waals surface area (Å²) in [6.45, 7) is 1.75. The molecule has 1 unspecified atom stereocenters. The molecule has 3 nitrogen and oxygen atoms in total. The summed E-state index contributed by atoms with van der Waals surface area (Å²) in [5.74, 6) is -0.605. The van der Waals surface area contributed by atoms with E-state index in [0.717, 1.165) is 0 Å². The molecule has 1 aliphatic heterocycles. The van der Waals surface area contributed by atoms with Crippen molar-refractivity contribution >= 4 is 45.0 Å². The van der Waals surface area contributed by atoms with Gasteiger partial charge in [-0.05, 0) is 34.1 Å². The zero-order valence-corrected chi connectivity index (χ0v) is 10.9. The largest absolute Gasteiger partial charge is 0.274 e. The minimum absolute atomic E-state index is 0.173. The molecular formula is C11H9BrClNO2. The summed E-state index contributed by atoms with van der Waals surface area (Å²) in [4.78, 5) is 24.7. The number of rotatable bonds is 1. The number of carbonyl (C=O) groups is 2.